The molecule has 0 amide bonds. The molecule has 6 heteroatoms. The van der Waals surface area contributed by atoms with Gasteiger partial charge in [0.25, 0.3) is 0 Å². The van der Waals surface area contributed by atoms with Gasteiger partial charge >= 0.3 is 0 Å². The number of anilines is 1. The van der Waals surface area contributed by atoms with Crippen molar-refractivity contribution in [2.24, 2.45) is 0 Å². The molecule has 0 unspecified atom stereocenters. The molecule has 1 aromatic heterocycles. The molecule has 1 heterocycles. The van der Waals surface area contributed by atoms with Gasteiger partial charge in [-0.3, -0.25) is 0 Å². The fraction of sp³-hybridized carbons (Fsp3) is 0.333. The molecule has 2 rings (SSSR count). The van der Waals surface area contributed by atoms with E-state index in [1.165, 1.54) is 0 Å². The highest BCUT2D eigenvalue weighted by atomic mass is 79.9. The fourth-order valence-electron chi connectivity index (χ4n) is 1.86. The average molecular weight is 352 g/mol. The summed E-state index contributed by atoms with van der Waals surface area (Å²) in [5.74, 6) is 1.48. The monoisotopic (exact) mass is 351 g/mol. The van der Waals surface area contributed by atoms with Gasteiger partial charge in [-0.15, -0.1) is 0 Å². The molecule has 0 fully saturated rings. The fourth-order valence-corrected chi connectivity index (χ4v) is 2.29. The summed E-state index contributed by atoms with van der Waals surface area (Å²) in [6.07, 6.45) is 0.998. The van der Waals surface area contributed by atoms with Gasteiger partial charge in [0, 0.05) is 19.2 Å². The molecule has 0 aliphatic rings. The Bertz CT molecular complexity index is 620. The van der Waals surface area contributed by atoms with Crippen molar-refractivity contribution in [3.05, 3.63) is 34.4 Å². The first-order valence-corrected chi connectivity index (χ1v) is 7.53. The van der Waals surface area contributed by atoms with Gasteiger partial charge in [0.15, 0.2) is 5.82 Å². The second kappa shape index (κ2) is 7.38. The zero-order chi connectivity index (χ0) is 15.2. The van der Waals surface area contributed by atoms with Crippen LogP contribution in [0.5, 0.6) is 5.75 Å². The second-order valence-corrected chi connectivity index (χ2v) is 5.36. The van der Waals surface area contributed by atoms with Gasteiger partial charge in [-0.05, 0) is 34.5 Å². The number of nitrogens with zero attached hydrogens (tertiary/aromatic N) is 2. The minimum Gasteiger partial charge on any atom is -0.508 e. The van der Waals surface area contributed by atoms with Crippen LogP contribution in [0.3, 0.4) is 0 Å². The Morgan fingerprint density at radius 1 is 1.33 bits per heavy atom. The first-order chi connectivity index (χ1) is 10.2. The van der Waals surface area contributed by atoms with Gasteiger partial charge in [0.2, 0.25) is 0 Å². The third kappa shape index (κ3) is 3.92. The van der Waals surface area contributed by atoms with Gasteiger partial charge in [-0.2, -0.15) is 0 Å². The summed E-state index contributed by atoms with van der Waals surface area (Å²) in [6.45, 7) is 3.30. The maximum Gasteiger partial charge on any atom is 0.162 e. The summed E-state index contributed by atoms with van der Waals surface area (Å²) in [4.78, 5) is 9.04. The summed E-state index contributed by atoms with van der Waals surface area (Å²) in [5.41, 5.74) is 1.53. The highest BCUT2D eigenvalue weighted by Gasteiger charge is 2.13. The molecular weight excluding hydrogens is 334 g/mol. The number of aromatic nitrogens is 2. The maximum atomic E-state index is 9.61. The molecule has 21 heavy (non-hydrogen) atoms. The summed E-state index contributed by atoms with van der Waals surface area (Å²) in [6, 6.07) is 6.90. The molecular formula is C15H18BrN3O2. The zero-order valence-electron chi connectivity index (χ0n) is 12.1. The molecule has 2 aromatic rings. The normalized spacial score (nSPS) is 10.6. The van der Waals surface area contributed by atoms with Crippen LogP contribution in [0.2, 0.25) is 0 Å². The Labute approximate surface area is 132 Å². The lowest BCUT2D eigenvalue weighted by molar-refractivity contribution is 0.181. The van der Waals surface area contributed by atoms with Crippen LogP contribution in [0, 0.1) is 0 Å². The van der Waals surface area contributed by atoms with Crippen molar-refractivity contribution in [2.45, 2.75) is 20.0 Å². The molecule has 0 bridgehead atoms. The van der Waals surface area contributed by atoms with Gasteiger partial charge in [0.1, 0.15) is 11.6 Å². The van der Waals surface area contributed by atoms with Gasteiger partial charge in [-0.25, -0.2) is 9.97 Å². The van der Waals surface area contributed by atoms with Crippen LogP contribution in [0.4, 0.5) is 5.82 Å². The second-order valence-electron chi connectivity index (χ2n) is 4.57. The number of hydrogen-bond acceptors (Lipinski definition) is 5. The largest absolute Gasteiger partial charge is 0.508 e. The third-order valence-electron chi connectivity index (χ3n) is 2.85. The quantitative estimate of drug-likeness (QED) is 0.832. The van der Waals surface area contributed by atoms with Crippen molar-refractivity contribution in [1.29, 1.82) is 0 Å². The number of nitrogens with one attached hydrogen (secondary N) is 1. The Kier molecular flexibility index (Phi) is 5.52. The van der Waals surface area contributed by atoms with Gasteiger partial charge in [0.05, 0.1) is 16.8 Å². The predicted octanol–water partition coefficient (Wildman–Crippen LogP) is 3.58. The van der Waals surface area contributed by atoms with Crippen molar-refractivity contribution in [2.75, 3.05) is 19.0 Å². The van der Waals surface area contributed by atoms with Crippen LogP contribution in [0.15, 0.2) is 28.7 Å². The summed E-state index contributed by atoms with van der Waals surface area (Å²) >= 11 is 3.52. The highest BCUT2D eigenvalue weighted by molar-refractivity contribution is 9.10. The number of rotatable bonds is 6. The Balaban J connectivity index is 2.47. The van der Waals surface area contributed by atoms with Crippen LogP contribution in [0.25, 0.3) is 11.4 Å². The minimum atomic E-state index is 0.190. The molecule has 112 valence electrons. The van der Waals surface area contributed by atoms with E-state index < -0.39 is 0 Å². The van der Waals surface area contributed by atoms with Crippen LogP contribution >= 0.6 is 15.9 Å². The SMILES string of the molecule is CCCNc1nc(-c2cccc(O)c2)nc(COC)c1Br. The minimum absolute atomic E-state index is 0.190. The number of phenolic OH excluding ortho intramolecular Hbond substituents is 1. The molecule has 5 nitrogen and oxygen atoms in total. The van der Waals surface area contributed by atoms with E-state index in [4.69, 9.17) is 4.74 Å². The summed E-state index contributed by atoms with van der Waals surface area (Å²) in [5, 5.41) is 12.9. The Morgan fingerprint density at radius 2 is 2.14 bits per heavy atom. The molecule has 0 aliphatic carbocycles. The number of methoxy groups -OCH3 is 1. The van der Waals surface area contributed by atoms with Crippen LogP contribution in [-0.2, 0) is 11.3 Å². The smallest absolute Gasteiger partial charge is 0.162 e. The standard InChI is InChI=1S/C15H18BrN3O2/c1-3-7-17-15-13(16)12(9-21-2)18-14(19-15)10-5-4-6-11(20)8-10/h4-6,8,20H,3,7,9H2,1-2H3,(H,17,18,19). The van der Waals surface area contributed by atoms with Crippen molar-refractivity contribution < 1.29 is 9.84 Å². The third-order valence-corrected chi connectivity index (χ3v) is 3.68. The lowest BCUT2D eigenvalue weighted by Gasteiger charge is -2.12. The number of hydrogen-bond donors (Lipinski definition) is 2. The highest BCUT2D eigenvalue weighted by Crippen LogP contribution is 2.28. The number of halogens is 1. The lowest BCUT2D eigenvalue weighted by Crippen LogP contribution is -2.08. The lowest BCUT2D eigenvalue weighted by atomic mass is 10.2. The van der Waals surface area contributed by atoms with E-state index in [1.807, 2.05) is 6.07 Å². The summed E-state index contributed by atoms with van der Waals surface area (Å²) < 4.78 is 5.99. The van der Waals surface area contributed by atoms with E-state index in [-0.39, 0.29) is 5.75 Å². The number of aromatic hydroxyl groups is 1. The summed E-state index contributed by atoms with van der Waals surface area (Å²) in [7, 11) is 1.63. The number of ether oxygens (including phenoxy) is 1. The van der Waals surface area contributed by atoms with E-state index >= 15 is 0 Å². The van der Waals surface area contributed by atoms with E-state index in [1.54, 1.807) is 25.3 Å². The first-order valence-electron chi connectivity index (χ1n) is 6.74. The van der Waals surface area contributed by atoms with Gasteiger partial charge in [-0.1, -0.05) is 19.1 Å². The van der Waals surface area contributed by atoms with Crippen molar-refractivity contribution >= 4 is 21.7 Å². The molecule has 0 radical (unpaired) electrons. The molecule has 0 aliphatic heterocycles. The molecule has 0 spiro atoms. The van der Waals surface area contributed by atoms with Crippen molar-refractivity contribution in [3.63, 3.8) is 0 Å². The predicted molar refractivity (Wildman–Crippen MR) is 86.3 cm³/mol. The molecule has 1 aromatic carbocycles. The molecule has 2 N–H and O–H groups in total. The van der Waals surface area contributed by atoms with Gasteiger partial charge < -0.3 is 15.2 Å². The number of benzene rings is 1. The Hall–Kier alpha value is -1.66. The Morgan fingerprint density at radius 3 is 2.81 bits per heavy atom. The first kappa shape index (κ1) is 15.7. The van der Waals surface area contributed by atoms with Crippen molar-refractivity contribution in [1.82, 2.24) is 9.97 Å². The van der Waals surface area contributed by atoms with E-state index in [0.29, 0.717) is 12.4 Å². The zero-order valence-corrected chi connectivity index (χ0v) is 13.6. The van der Waals surface area contributed by atoms with Crippen LogP contribution < -0.4 is 5.32 Å². The molecule has 0 saturated heterocycles. The maximum absolute atomic E-state index is 9.61. The number of phenols is 1. The van der Waals surface area contributed by atoms with Crippen molar-refractivity contribution in [3.8, 4) is 17.1 Å². The van der Waals surface area contributed by atoms with E-state index in [2.05, 4.69) is 38.1 Å². The molecule has 0 atom stereocenters. The molecule has 0 saturated carbocycles. The van der Waals surface area contributed by atoms with Crippen LogP contribution in [0.1, 0.15) is 19.0 Å². The average Bonchev–Trinajstić information content (AvgIpc) is 2.48. The van der Waals surface area contributed by atoms with E-state index in [0.717, 1.165) is 34.5 Å². The topological polar surface area (TPSA) is 67.3 Å². The van der Waals surface area contributed by atoms with E-state index in [9.17, 15) is 5.11 Å². The van der Waals surface area contributed by atoms with Crippen LogP contribution in [-0.4, -0.2) is 28.7 Å².